The van der Waals surface area contributed by atoms with Gasteiger partial charge in [0, 0.05) is 6.26 Å². The second-order valence-corrected chi connectivity index (χ2v) is 8.05. The Kier molecular flexibility index (Phi) is 3.93. The van der Waals surface area contributed by atoms with Crippen LogP contribution in [0.3, 0.4) is 0 Å². The van der Waals surface area contributed by atoms with Crippen molar-refractivity contribution in [3.63, 3.8) is 0 Å². The SMILES string of the molecule is CS(=O)(=O)c1ccccc1NS(=O)(=O)c1ccccc1N. The molecule has 0 aliphatic heterocycles. The van der Waals surface area contributed by atoms with E-state index >= 15 is 0 Å². The third kappa shape index (κ3) is 3.34. The van der Waals surface area contributed by atoms with Crippen LogP contribution in [-0.4, -0.2) is 23.1 Å². The van der Waals surface area contributed by atoms with Gasteiger partial charge in [0.1, 0.15) is 4.90 Å². The van der Waals surface area contributed by atoms with Gasteiger partial charge in [0.05, 0.1) is 16.3 Å². The summed E-state index contributed by atoms with van der Waals surface area (Å²) in [6, 6.07) is 11.7. The second-order valence-electron chi connectivity index (χ2n) is 4.41. The Bertz CT molecular complexity index is 875. The number of rotatable bonds is 4. The van der Waals surface area contributed by atoms with Crippen LogP contribution in [0.1, 0.15) is 0 Å². The van der Waals surface area contributed by atoms with Crippen molar-refractivity contribution < 1.29 is 16.8 Å². The summed E-state index contributed by atoms with van der Waals surface area (Å²) in [6.45, 7) is 0. The van der Waals surface area contributed by atoms with Crippen LogP contribution in [0, 0.1) is 0 Å². The summed E-state index contributed by atoms with van der Waals surface area (Å²) in [5, 5.41) is 0. The number of sulfonamides is 1. The fourth-order valence-corrected chi connectivity index (χ4v) is 3.92. The van der Waals surface area contributed by atoms with Gasteiger partial charge in [-0.3, -0.25) is 4.72 Å². The number of hydrogen-bond donors (Lipinski definition) is 2. The predicted molar refractivity (Wildman–Crippen MR) is 81.2 cm³/mol. The Balaban J connectivity index is 2.51. The van der Waals surface area contributed by atoms with Gasteiger partial charge in [0.25, 0.3) is 10.0 Å². The Morgan fingerprint density at radius 3 is 1.95 bits per heavy atom. The molecule has 3 N–H and O–H groups in total. The van der Waals surface area contributed by atoms with Gasteiger partial charge in [0.15, 0.2) is 9.84 Å². The first kappa shape index (κ1) is 15.3. The maximum atomic E-state index is 12.3. The van der Waals surface area contributed by atoms with Crippen molar-refractivity contribution in [2.24, 2.45) is 0 Å². The zero-order valence-electron chi connectivity index (χ0n) is 11.1. The van der Waals surface area contributed by atoms with Crippen LogP contribution in [0.4, 0.5) is 11.4 Å². The van der Waals surface area contributed by atoms with Gasteiger partial charge < -0.3 is 5.73 Å². The maximum absolute atomic E-state index is 12.3. The first-order valence-corrected chi connectivity index (χ1v) is 9.26. The number of nitrogens with two attached hydrogens (primary N) is 1. The first-order chi connectivity index (χ1) is 9.72. The zero-order chi connectivity index (χ0) is 15.7. The lowest BCUT2D eigenvalue weighted by Crippen LogP contribution is -2.16. The quantitative estimate of drug-likeness (QED) is 0.828. The molecule has 0 amide bonds. The van der Waals surface area contributed by atoms with Gasteiger partial charge in [-0.15, -0.1) is 0 Å². The molecule has 0 saturated carbocycles. The van der Waals surface area contributed by atoms with E-state index in [1.165, 1.54) is 36.4 Å². The van der Waals surface area contributed by atoms with Crippen molar-refractivity contribution >= 4 is 31.2 Å². The molecule has 0 radical (unpaired) electrons. The molecule has 2 aromatic carbocycles. The van der Waals surface area contributed by atoms with Gasteiger partial charge >= 0.3 is 0 Å². The van der Waals surface area contributed by atoms with Gasteiger partial charge in [-0.05, 0) is 24.3 Å². The lowest BCUT2D eigenvalue weighted by atomic mass is 10.3. The van der Waals surface area contributed by atoms with Gasteiger partial charge in [-0.25, -0.2) is 16.8 Å². The van der Waals surface area contributed by atoms with E-state index in [0.29, 0.717) is 0 Å². The van der Waals surface area contributed by atoms with Gasteiger partial charge in [0.2, 0.25) is 0 Å². The normalized spacial score (nSPS) is 12.0. The average molecular weight is 326 g/mol. The minimum absolute atomic E-state index is 0.0109. The summed E-state index contributed by atoms with van der Waals surface area (Å²) < 4.78 is 50.3. The van der Waals surface area contributed by atoms with E-state index in [2.05, 4.69) is 4.72 Å². The minimum atomic E-state index is -3.97. The van der Waals surface area contributed by atoms with E-state index in [9.17, 15) is 16.8 Å². The first-order valence-electron chi connectivity index (χ1n) is 5.88. The van der Waals surface area contributed by atoms with E-state index in [1.54, 1.807) is 12.1 Å². The molecule has 2 rings (SSSR count). The molecule has 0 aliphatic carbocycles. The van der Waals surface area contributed by atoms with Crippen LogP contribution in [0.15, 0.2) is 58.3 Å². The van der Waals surface area contributed by atoms with Crippen molar-refractivity contribution in [2.75, 3.05) is 16.7 Å². The molecule has 6 nitrogen and oxygen atoms in total. The Hall–Kier alpha value is -2.06. The van der Waals surface area contributed by atoms with Crippen LogP contribution in [0.2, 0.25) is 0 Å². The van der Waals surface area contributed by atoms with Crippen LogP contribution < -0.4 is 10.5 Å². The summed E-state index contributed by atoms with van der Waals surface area (Å²) in [6.07, 6.45) is 1.01. The predicted octanol–water partition coefficient (Wildman–Crippen LogP) is 1.47. The van der Waals surface area contributed by atoms with Crippen molar-refractivity contribution in [1.29, 1.82) is 0 Å². The number of para-hydroxylation sites is 2. The molecule has 0 saturated heterocycles. The number of anilines is 2. The highest BCUT2D eigenvalue weighted by Gasteiger charge is 2.21. The molecule has 0 spiro atoms. The summed E-state index contributed by atoms with van der Waals surface area (Å²) in [7, 11) is -7.52. The standard InChI is InChI=1S/C13H14N2O4S2/c1-20(16,17)13-9-5-3-7-11(13)15-21(18,19)12-8-4-2-6-10(12)14/h2-9,15H,14H2,1H3. The van der Waals surface area contributed by atoms with E-state index < -0.39 is 19.9 Å². The average Bonchev–Trinajstić information content (AvgIpc) is 2.38. The summed E-state index contributed by atoms with van der Waals surface area (Å²) in [5.74, 6) is 0. The maximum Gasteiger partial charge on any atom is 0.263 e. The fraction of sp³-hybridized carbons (Fsp3) is 0.0769. The molecule has 0 aromatic heterocycles. The second kappa shape index (κ2) is 5.38. The van der Waals surface area contributed by atoms with Crippen molar-refractivity contribution in [2.45, 2.75) is 9.79 Å². The number of sulfone groups is 1. The third-order valence-corrected chi connectivity index (χ3v) is 5.33. The minimum Gasteiger partial charge on any atom is -0.398 e. The molecular formula is C13H14N2O4S2. The highest BCUT2D eigenvalue weighted by Crippen LogP contribution is 2.25. The van der Waals surface area contributed by atoms with Gasteiger partial charge in [-0.1, -0.05) is 24.3 Å². The molecule has 0 bridgehead atoms. The Morgan fingerprint density at radius 2 is 1.38 bits per heavy atom. The molecule has 112 valence electrons. The number of nitrogen functional groups attached to an aromatic ring is 1. The van der Waals surface area contributed by atoms with Gasteiger partial charge in [-0.2, -0.15) is 0 Å². The monoisotopic (exact) mass is 326 g/mol. The third-order valence-electron chi connectivity index (χ3n) is 2.74. The van der Waals surface area contributed by atoms with E-state index in [4.69, 9.17) is 5.73 Å². The van der Waals surface area contributed by atoms with E-state index in [1.807, 2.05) is 0 Å². The Morgan fingerprint density at radius 1 is 0.857 bits per heavy atom. The summed E-state index contributed by atoms with van der Waals surface area (Å²) in [4.78, 5) is -0.198. The highest BCUT2D eigenvalue weighted by molar-refractivity contribution is 7.93. The zero-order valence-corrected chi connectivity index (χ0v) is 12.8. The Labute approximate surface area is 123 Å². The van der Waals surface area contributed by atoms with Crippen LogP contribution in [-0.2, 0) is 19.9 Å². The summed E-state index contributed by atoms with van der Waals surface area (Å²) >= 11 is 0. The summed E-state index contributed by atoms with van der Waals surface area (Å²) in [5.41, 5.74) is 5.72. The van der Waals surface area contributed by atoms with E-state index in [-0.39, 0.29) is 21.2 Å². The molecule has 0 unspecified atom stereocenters. The topological polar surface area (TPSA) is 106 Å². The number of nitrogens with one attached hydrogen (secondary N) is 1. The lowest BCUT2D eigenvalue weighted by molar-refractivity contribution is 0.601. The highest BCUT2D eigenvalue weighted by atomic mass is 32.2. The lowest BCUT2D eigenvalue weighted by Gasteiger charge is -2.12. The molecule has 8 heteroatoms. The molecule has 0 fully saturated rings. The number of hydrogen-bond acceptors (Lipinski definition) is 5. The van der Waals surface area contributed by atoms with Crippen LogP contribution in [0.5, 0.6) is 0 Å². The van der Waals surface area contributed by atoms with Crippen molar-refractivity contribution in [1.82, 2.24) is 0 Å². The molecule has 21 heavy (non-hydrogen) atoms. The fourth-order valence-electron chi connectivity index (χ4n) is 1.80. The molecule has 2 aromatic rings. The molecule has 0 aliphatic rings. The van der Waals surface area contributed by atoms with Crippen molar-refractivity contribution in [3.05, 3.63) is 48.5 Å². The van der Waals surface area contributed by atoms with Crippen molar-refractivity contribution in [3.8, 4) is 0 Å². The van der Waals surface area contributed by atoms with Crippen LogP contribution in [0.25, 0.3) is 0 Å². The van der Waals surface area contributed by atoms with Crippen LogP contribution >= 0.6 is 0 Å². The molecule has 0 atom stereocenters. The largest absolute Gasteiger partial charge is 0.398 e. The van der Waals surface area contributed by atoms with E-state index in [0.717, 1.165) is 6.26 Å². The molecular weight excluding hydrogens is 312 g/mol. The number of benzene rings is 2. The smallest absolute Gasteiger partial charge is 0.263 e. The molecule has 0 heterocycles.